The Kier molecular flexibility index (Phi) is 2.98. The second-order valence-electron chi connectivity index (χ2n) is 1.73. The first-order valence-corrected chi connectivity index (χ1v) is 5.52. The Morgan fingerprint density at radius 3 is 1.82 bits per heavy atom. The van der Waals surface area contributed by atoms with Crippen LogP contribution in [-0.4, -0.2) is 27.7 Å². The van der Waals surface area contributed by atoms with Gasteiger partial charge in [-0.1, -0.05) is 6.08 Å². The summed E-state index contributed by atoms with van der Waals surface area (Å²) in [6.45, 7) is 2.86. The van der Waals surface area contributed by atoms with Gasteiger partial charge in [0, 0.05) is 0 Å². The predicted molar refractivity (Wildman–Crippen MR) is 37.6 cm³/mol. The van der Waals surface area contributed by atoms with Gasteiger partial charge < -0.3 is 9.79 Å². The molecule has 0 bridgehead atoms. The maximum atomic E-state index is 10.3. The van der Waals surface area contributed by atoms with Gasteiger partial charge in [-0.05, 0) is 0 Å². The number of rotatable bonds is 3. The van der Waals surface area contributed by atoms with Crippen molar-refractivity contribution in [3.63, 3.8) is 0 Å². The lowest BCUT2D eigenvalue weighted by atomic mass is 10.8. The van der Waals surface area contributed by atoms with E-state index in [2.05, 4.69) is 6.58 Å². The number of hydrogen-bond acceptors (Lipinski definition) is 3. The molecule has 0 amide bonds. The van der Waals surface area contributed by atoms with Crippen LogP contribution >= 0.6 is 7.60 Å². The highest BCUT2D eigenvalue weighted by Crippen LogP contribution is 2.44. The first kappa shape index (κ1) is 10.8. The minimum Gasteiger partial charge on any atom is -0.323 e. The van der Waals surface area contributed by atoms with Crippen molar-refractivity contribution in [2.24, 2.45) is 0 Å². The highest BCUT2D eigenvalue weighted by Gasteiger charge is 2.36. The van der Waals surface area contributed by atoms with Crippen LogP contribution < -0.4 is 0 Å². The maximum Gasteiger partial charge on any atom is 0.349 e. The Morgan fingerprint density at radius 1 is 1.45 bits per heavy atom. The molecule has 6 nitrogen and oxygen atoms in total. The van der Waals surface area contributed by atoms with Gasteiger partial charge in [0.2, 0.25) is 4.99 Å². The summed E-state index contributed by atoms with van der Waals surface area (Å²) in [5.41, 5.74) is 0. The van der Waals surface area contributed by atoms with Crippen molar-refractivity contribution in [1.82, 2.24) is 0 Å². The van der Waals surface area contributed by atoms with Gasteiger partial charge in [0.1, 0.15) is 0 Å². The molecule has 0 aliphatic rings. The summed E-state index contributed by atoms with van der Waals surface area (Å²) in [5.74, 6) is 0. The second kappa shape index (κ2) is 3.04. The van der Waals surface area contributed by atoms with Crippen molar-refractivity contribution in [2.75, 3.05) is 0 Å². The Labute approximate surface area is 63.5 Å². The van der Waals surface area contributed by atoms with Crippen LogP contribution in [0.5, 0.6) is 0 Å². The van der Waals surface area contributed by atoms with Crippen LogP contribution in [0.15, 0.2) is 12.7 Å². The molecule has 1 unspecified atom stereocenters. The molecule has 8 heteroatoms. The Bertz CT molecular complexity index is 285. The zero-order chi connectivity index (χ0) is 9.28. The van der Waals surface area contributed by atoms with Gasteiger partial charge in [0.25, 0.3) is 10.1 Å². The average Bonchev–Trinajstić information content (AvgIpc) is 1.56. The smallest absolute Gasteiger partial charge is 0.323 e. The molecule has 0 aromatic rings. The standard InChI is InChI=1S/C3H7O6PS/c1-2-3(10(4,5)6)11(7,8)9/h2-3H,1H2,(H2,4,5,6)(H,7,8,9). The molecule has 0 saturated heterocycles. The molecule has 0 spiro atoms. The summed E-state index contributed by atoms with van der Waals surface area (Å²) < 4.78 is 38.9. The first-order chi connectivity index (χ1) is 4.69. The predicted octanol–water partition coefficient (Wildman–Crippen LogP) is -0.436. The van der Waals surface area contributed by atoms with E-state index in [0.29, 0.717) is 6.08 Å². The summed E-state index contributed by atoms with van der Waals surface area (Å²) in [6.07, 6.45) is 0.482. The second-order valence-corrected chi connectivity index (χ2v) is 5.35. The molecule has 0 radical (unpaired) electrons. The fourth-order valence-electron chi connectivity index (χ4n) is 0.432. The molecule has 1 atom stereocenters. The summed E-state index contributed by atoms with van der Waals surface area (Å²) in [4.78, 5) is 14.4. The van der Waals surface area contributed by atoms with Crippen LogP contribution in [0, 0.1) is 0 Å². The fourth-order valence-corrected chi connectivity index (χ4v) is 2.34. The molecule has 3 N–H and O–H groups in total. The van der Waals surface area contributed by atoms with E-state index < -0.39 is 22.7 Å². The Hall–Kier alpha value is -0.200. The van der Waals surface area contributed by atoms with Crippen LogP contribution in [-0.2, 0) is 14.7 Å². The Morgan fingerprint density at radius 2 is 1.82 bits per heavy atom. The molecule has 0 saturated carbocycles. The van der Waals surface area contributed by atoms with Gasteiger partial charge in [-0.25, -0.2) is 0 Å². The van der Waals surface area contributed by atoms with E-state index in [4.69, 9.17) is 14.3 Å². The zero-order valence-corrected chi connectivity index (χ0v) is 6.99. The van der Waals surface area contributed by atoms with Crippen LogP contribution in [0.4, 0.5) is 0 Å². The van der Waals surface area contributed by atoms with E-state index in [1.807, 2.05) is 0 Å². The van der Waals surface area contributed by atoms with Crippen LogP contribution in [0.3, 0.4) is 0 Å². The SMILES string of the molecule is C=CC(P(=O)(O)O)S(=O)(=O)O. The third kappa shape index (κ3) is 3.13. The van der Waals surface area contributed by atoms with E-state index >= 15 is 0 Å². The lowest BCUT2D eigenvalue weighted by Crippen LogP contribution is -2.17. The molecule has 0 aromatic heterocycles. The van der Waals surface area contributed by atoms with Gasteiger partial charge in [-0.2, -0.15) is 8.42 Å². The van der Waals surface area contributed by atoms with Crippen LogP contribution in [0.1, 0.15) is 0 Å². The van der Waals surface area contributed by atoms with E-state index in [9.17, 15) is 13.0 Å². The molecular weight excluding hydrogens is 195 g/mol. The van der Waals surface area contributed by atoms with Crippen LogP contribution in [0.2, 0.25) is 0 Å². The Balaban J connectivity index is 5.03. The third-order valence-corrected chi connectivity index (χ3v) is 4.14. The number of hydrogen-bond donors (Lipinski definition) is 3. The van der Waals surface area contributed by atoms with Gasteiger partial charge in [-0.3, -0.25) is 9.12 Å². The van der Waals surface area contributed by atoms with Crippen LogP contribution in [0.25, 0.3) is 0 Å². The van der Waals surface area contributed by atoms with Gasteiger partial charge in [-0.15, -0.1) is 6.58 Å². The van der Waals surface area contributed by atoms with Gasteiger partial charge in [0.15, 0.2) is 0 Å². The van der Waals surface area contributed by atoms with E-state index in [1.54, 1.807) is 0 Å². The quantitative estimate of drug-likeness (QED) is 0.325. The topological polar surface area (TPSA) is 112 Å². The highest BCUT2D eigenvalue weighted by molar-refractivity contribution is 7.94. The summed E-state index contributed by atoms with van der Waals surface area (Å²) in [7, 11) is -9.61. The lowest BCUT2D eigenvalue weighted by Gasteiger charge is -2.09. The van der Waals surface area contributed by atoms with Crippen molar-refractivity contribution >= 4 is 17.7 Å². The zero-order valence-electron chi connectivity index (χ0n) is 5.28. The highest BCUT2D eigenvalue weighted by atomic mass is 32.2. The molecule has 0 rings (SSSR count). The molecule has 0 heterocycles. The minimum absolute atomic E-state index is 0.482. The summed E-state index contributed by atoms with van der Waals surface area (Å²) >= 11 is 0. The monoisotopic (exact) mass is 202 g/mol. The molecule has 0 aromatic carbocycles. The third-order valence-electron chi connectivity index (χ3n) is 0.838. The van der Waals surface area contributed by atoms with Crippen molar-refractivity contribution in [3.05, 3.63) is 12.7 Å². The first-order valence-electron chi connectivity index (χ1n) is 2.33. The fraction of sp³-hybridized carbons (Fsp3) is 0.333. The van der Waals surface area contributed by atoms with Gasteiger partial charge in [0.05, 0.1) is 0 Å². The largest absolute Gasteiger partial charge is 0.349 e. The molecular formula is C3H7O6PS. The lowest BCUT2D eigenvalue weighted by molar-refractivity contribution is 0.369. The molecule has 66 valence electrons. The maximum absolute atomic E-state index is 10.3. The minimum atomic E-state index is -4.85. The molecule has 0 aliphatic carbocycles. The van der Waals surface area contributed by atoms with E-state index in [-0.39, 0.29) is 0 Å². The molecule has 0 fully saturated rings. The van der Waals surface area contributed by atoms with E-state index in [1.165, 1.54) is 0 Å². The summed E-state index contributed by atoms with van der Waals surface area (Å²) in [5, 5.41) is 0. The van der Waals surface area contributed by atoms with Crippen molar-refractivity contribution < 1.29 is 27.3 Å². The molecule has 0 aliphatic heterocycles. The van der Waals surface area contributed by atoms with Crippen molar-refractivity contribution in [1.29, 1.82) is 0 Å². The van der Waals surface area contributed by atoms with E-state index in [0.717, 1.165) is 0 Å². The summed E-state index contributed by atoms with van der Waals surface area (Å²) in [6, 6.07) is 0. The van der Waals surface area contributed by atoms with Crippen molar-refractivity contribution in [3.8, 4) is 0 Å². The normalized spacial score (nSPS) is 15.9. The molecule has 11 heavy (non-hydrogen) atoms. The average molecular weight is 202 g/mol. The van der Waals surface area contributed by atoms with Gasteiger partial charge >= 0.3 is 7.60 Å². The van der Waals surface area contributed by atoms with Crippen molar-refractivity contribution in [2.45, 2.75) is 4.99 Å².